The molecule has 1 aliphatic carbocycles. The third-order valence-corrected chi connectivity index (χ3v) is 8.93. The van der Waals surface area contributed by atoms with Crippen molar-refractivity contribution in [1.82, 2.24) is 20.2 Å². The fraction of sp³-hybridized carbons (Fsp3) is 0.586. The summed E-state index contributed by atoms with van der Waals surface area (Å²) in [4.78, 5) is 44.5. The van der Waals surface area contributed by atoms with Gasteiger partial charge < -0.3 is 24.9 Å². The first-order chi connectivity index (χ1) is 18.4. The number of anilines is 4. The second kappa shape index (κ2) is 10.2. The zero-order valence-electron chi connectivity index (χ0n) is 22.8. The smallest absolute Gasteiger partial charge is 0.251 e. The zero-order valence-corrected chi connectivity index (χ0v) is 22.8. The van der Waals surface area contributed by atoms with Gasteiger partial charge >= 0.3 is 0 Å². The Morgan fingerprint density at radius 2 is 1.82 bits per heavy atom. The summed E-state index contributed by atoms with van der Waals surface area (Å²) in [6.45, 7) is 4.89. The van der Waals surface area contributed by atoms with Crippen LogP contribution in [0.15, 0.2) is 24.4 Å². The van der Waals surface area contributed by atoms with Crippen LogP contribution < -0.4 is 20.0 Å². The Labute approximate surface area is 225 Å². The van der Waals surface area contributed by atoms with E-state index < -0.39 is 0 Å². The molecule has 3 aliphatic heterocycles. The molecular weight excluding hydrogens is 478 g/mol. The minimum atomic E-state index is -0.185. The molecule has 1 aromatic heterocycles. The molecule has 6 rings (SSSR count). The van der Waals surface area contributed by atoms with Crippen LogP contribution in [0.25, 0.3) is 0 Å². The number of carbonyl (C=O) groups is 2. The predicted octanol–water partition coefficient (Wildman–Crippen LogP) is 3.50. The van der Waals surface area contributed by atoms with Gasteiger partial charge in [0, 0.05) is 36.9 Å². The highest BCUT2D eigenvalue weighted by molar-refractivity contribution is 6.04. The van der Waals surface area contributed by atoms with Crippen molar-refractivity contribution >= 4 is 35.0 Å². The van der Waals surface area contributed by atoms with Crippen LogP contribution in [0.2, 0.25) is 0 Å². The Morgan fingerprint density at radius 3 is 2.55 bits per heavy atom. The first-order valence-electron chi connectivity index (χ1n) is 14.3. The van der Waals surface area contributed by atoms with Gasteiger partial charge in [-0.1, -0.05) is 19.8 Å². The van der Waals surface area contributed by atoms with E-state index in [1.807, 2.05) is 31.4 Å². The monoisotopic (exact) mass is 517 g/mol. The number of fused-ring (bicyclic) bond motifs is 2. The number of rotatable bonds is 5. The van der Waals surface area contributed by atoms with Crippen LogP contribution in [-0.2, 0) is 11.2 Å². The Bertz CT molecular complexity index is 1220. The number of amides is 2. The summed E-state index contributed by atoms with van der Waals surface area (Å²) < 4.78 is 0. The van der Waals surface area contributed by atoms with E-state index in [0.717, 1.165) is 80.9 Å². The molecule has 0 spiro atoms. The second-order valence-electron chi connectivity index (χ2n) is 11.3. The molecule has 9 heteroatoms. The van der Waals surface area contributed by atoms with Crippen LogP contribution >= 0.6 is 0 Å². The molecule has 2 amide bonds. The molecule has 202 valence electrons. The SMILES string of the molecule is CCC1C(=O)N(C)c2cnc(N3CCc4cc(C(=O)NC5CCN(C)CC5)ccc43)nc2N1C1CCCC1. The number of nitrogens with zero attached hydrogens (tertiary/aromatic N) is 6. The van der Waals surface area contributed by atoms with Crippen molar-refractivity contribution in [2.45, 2.75) is 76.4 Å². The molecule has 1 saturated heterocycles. The maximum absolute atomic E-state index is 13.2. The van der Waals surface area contributed by atoms with Gasteiger partial charge in [0.15, 0.2) is 5.82 Å². The quantitative estimate of drug-likeness (QED) is 0.650. The molecule has 4 aliphatic rings. The van der Waals surface area contributed by atoms with E-state index in [-0.39, 0.29) is 23.9 Å². The molecule has 1 atom stereocenters. The van der Waals surface area contributed by atoms with E-state index in [1.165, 1.54) is 12.8 Å². The minimum Gasteiger partial charge on any atom is -0.349 e. The van der Waals surface area contributed by atoms with Gasteiger partial charge in [0.25, 0.3) is 5.91 Å². The Balaban J connectivity index is 1.26. The molecule has 9 nitrogen and oxygen atoms in total. The minimum absolute atomic E-state index is 0.0105. The second-order valence-corrected chi connectivity index (χ2v) is 11.3. The number of benzene rings is 1. The number of carbonyl (C=O) groups excluding carboxylic acids is 2. The molecular formula is C29H39N7O2. The molecule has 1 unspecified atom stereocenters. The number of likely N-dealkylation sites (tertiary alicyclic amines) is 1. The normalized spacial score (nSPS) is 22.7. The van der Waals surface area contributed by atoms with Gasteiger partial charge in [0.1, 0.15) is 11.7 Å². The third kappa shape index (κ3) is 4.40. The van der Waals surface area contributed by atoms with Gasteiger partial charge in [-0.3, -0.25) is 9.59 Å². The van der Waals surface area contributed by atoms with Crippen molar-refractivity contribution in [3.05, 3.63) is 35.5 Å². The highest BCUT2D eigenvalue weighted by Gasteiger charge is 2.41. The number of nitrogens with one attached hydrogen (secondary N) is 1. The van der Waals surface area contributed by atoms with Crippen molar-refractivity contribution in [3.63, 3.8) is 0 Å². The van der Waals surface area contributed by atoms with Crippen LogP contribution in [0.3, 0.4) is 0 Å². The largest absolute Gasteiger partial charge is 0.349 e. The summed E-state index contributed by atoms with van der Waals surface area (Å²) in [5.74, 6) is 1.67. The van der Waals surface area contributed by atoms with E-state index in [2.05, 4.69) is 34.0 Å². The van der Waals surface area contributed by atoms with Crippen molar-refractivity contribution in [2.24, 2.45) is 0 Å². The number of likely N-dealkylation sites (N-methyl/N-ethyl adjacent to an activating group) is 1. The van der Waals surface area contributed by atoms with Crippen LogP contribution in [0.5, 0.6) is 0 Å². The lowest BCUT2D eigenvalue weighted by molar-refractivity contribution is -0.120. The number of aromatic nitrogens is 2. The van der Waals surface area contributed by atoms with Gasteiger partial charge in [0.2, 0.25) is 11.9 Å². The maximum Gasteiger partial charge on any atom is 0.251 e. The molecule has 2 fully saturated rings. The van der Waals surface area contributed by atoms with Crippen LogP contribution in [0, 0.1) is 0 Å². The summed E-state index contributed by atoms with van der Waals surface area (Å²) in [6, 6.07) is 6.39. The topological polar surface area (TPSA) is 84.9 Å². The average Bonchev–Trinajstić information content (AvgIpc) is 3.61. The zero-order chi connectivity index (χ0) is 26.4. The van der Waals surface area contributed by atoms with E-state index in [9.17, 15) is 9.59 Å². The third-order valence-electron chi connectivity index (χ3n) is 8.93. The lowest BCUT2D eigenvalue weighted by atomic mass is 10.0. The fourth-order valence-corrected chi connectivity index (χ4v) is 6.68. The van der Waals surface area contributed by atoms with E-state index in [1.54, 1.807) is 4.90 Å². The highest BCUT2D eigenvalue weighted by atomic mass is 16.2. The summed E-state index contributed by atoms with van der Waals surface area (Å²) in [5, 5.41) is 3.23. The predicted molar refractivity (Wildman–Crippen MR) is 149 cm³/mol. The molecule has 0 radical (unpaired) electrons. The molecule has 38 heavy (non-hydrogen) atoms. The molecule has 1 aromatic carbocycles. The Hall–Kier alpha value is -3.20. The number of hydrogen-bond donors (Lipinski definition) is 1. The van der Waals surface area contributed by atoms with Crippen LogP contribution in [-0.4, -0.2) is 78.5 Å². The summed E-state index contributed by atoms with van der Waals surface area (Å²) in [6.07, 6.45) is 9.99. The fourth-order valence-electron chi connectivity index (χ4n) is 6.68. The molecule has 1 saturated carbocycles. The summed E-state index contributed by atoms with van der Waals surface area (Å²) >= 11 is 0. The first kappa shape index (κ1) is 25.1. The summed E-state index contributed by atoms with van der Waals surface area (Å²) in [7, 11) is 3.96. The van der Waals surface area contributed by atoms with Crippen molar-refractivity contribution in [2.75, 3.05) is 48.4 Å². The summed E-state index contributed by atoms with van der Waals surface area (Å²) in [5.41, 5.74) is 3.71. The Kier molecular flexibility index (Phi) is 6.72. The maximum atomic E-state index is 13.2. The van der Waals surface area contributed by atoms with Gasteiger partial charge in [-0.15, -0.1) is 0 Å². The lowest BCUT2D eigenvalue weighted by Gasteiger charge is -2.43. The number of piperidine rings is 1. The van der Waals surface area contributed by atoms with Crippen molar-refractivity contribution in [1.29, 1.82) is 0 Å². The molecule has 0 bridgehead atoms. The van der Waals surface area contributed by atoms with E-state index >= 15 is 0 Å². The molecule has 2 aromatic rings. The molecule has 4 heterocycles. The Morgan fingerprint density at radius 1 is 1.05 bits per heavy atom. The molecule has 1 N–H and O–H groups in total. The van der Waals surface area contributed by atoms with Crippen molar-refractivity contribution < 1.29 is 9.59 Å². The standard InChI is InChI=1S/C29H39N7O2/c1-4-23-28(38)34(3)25-18-30-29(32-26(25)36(23)22-7-5-6-8-22)35-16-11-19-17-20(9-10-24(19)35)27(37)31-21-12-14-33(2)15-13-21/h9-10,17-18,21-23H,4-8,11-16H2,1-3H3,(H,31,37). The van der Waals surface area contributed by atoms with E-state index in [0.29, 0.717) is 17.6 Å². The van der Waals surface area contributed by atoms with Gasteiger partial charge in [0.05, 0.1) is 6.20 Å². The van der Waals surface area contributed by atoms with Gasteiger partial charge in [-0.2, -0.15) is 4.98 Å². The van der Waals surface area contributed by atoms with Crippen molar-refractivity contribution in [3.8, 4) is 0 Å². The van der Waals surface area contributed by atoms with Gasteiger partial charge in [-0.05, 0) is 82.4 Å². The number of hydrogen-bond acceptors (Lipinski definition) is 7. The highest BCUT2D eigenvalue weighted by Crippen LogP contribution is 2.41. The van der Waals surface area contributed by atoms with Gasteiger partial charge in [-0.25, -0.2) is 4.98 Å². The lowest BCUT2D eigenvalue weighted by Crippen LogP contribution is -2.55. The van der Waals surface area contributed by atoms with Crippen LogP contribution in [0.1, 0.15) is 67.8 Å². The first-order valence-corrected chi connectivity index (χ1v) is 14.3. The van der Waals surface area contributed by atoms with E-state index in [4.69, 9.17) is 9.97 Å². The average molecular weight is 518 g/mol. The van der Waals surface area contributed by atoms with Crippen LogP contribution in [0.4, 0.5) is 23.1 Å².